The highest BCUT2D eigenvalue weighted by atomic mass is 79.9. The SMILES string of the molecule is CCC(C)c1ccccc1NC(=O)c1cc(C)c(Br)s1. The molecule has 0 spiro atoms. The molecule has 1 heterocycles. The molecule has 2 nitrogen and oxygen atoms in total. The number of amides is 1. The Balaban J connectivity index is 2.24. The normalized spacial score (nSPS) is 12.2. The summed E-state index contributed by atoms with van der Waals surface area (Å²) < 4.78 is 1.01. The van der Waals surface area contributed by atoms with Crippen LogP contribution < -0.4 is 5.32 Å². The first-order chi connectivity index (χ1) is 9.52. The zero-order valence-electron chi connectivity index (χ0n) is 11.9. The van der Waals surface area contributed by atoms with Gasteiger partial charge in [0.1, 0.15) is 0 Å². The minimum Gasteiger partial charge on any atom is -0.321 e. The highest BCUT2D eigenvalue weighted by molar-refractivity contribution is 9.11. The Morgan fingerprint density at radius 3 is 2.70 bits per heavy atom. The molecule has 0 saturated carbocycles. The molecule has 1 N–H and O–H groups in total. The number of rotatable bonds is 4. The first kappa shape index (κ1) is 15.3. The molecule has 0 saturated heterocycles. The third-order valence-electron chi connectivity index (χ3n) is 3.43. The molecule has 106 valence electrons. The van der Waals surface area contributed by atoms with Crippen LogP contribution >= 0.6 is 27.3 Å². The van der Waals surface area contributed by atoms with Gasteiger partial charge in [0.05, 0.1) is 8.66 Å². The van der Waals surface area contributed by atoms with E-state index < -0.39 is 0 Å². The molecule has 0 aliphatic rings. The zero-order chi connectivity index (χ0) is 14.7. The van der Waals surface area contributed by atoms with Crippen LogP contribution in [0.2, 0.25) is 0 Å². The van der Waals surface area contributed by atoms with Crippen molar-refractivity contribution >= 4 is 38.9 Å². The summed E-state index contributed by atoms with van der Waals surface area (Å²) in [5.41, 5.74) is 3.19. The Hall–Kier alpha value is -1.13. The fourth-order valence-corrected chi connectivity index (χ4v) is 3.45. The van der Waals surface area contributed by atoms with Gasteiger partial charge in [0.15, 0.2) is 0 Å². The number of aryl methyl sites for hydroxylation is 1. The number of anilines is 1. The lowest BCUT2D eigenvalue weighted by molar-refractivity contribution is 0.103. The van der Waals surface area contributed by atoms with Crippen LogP contribution in [0.25, 0.3) is 0 Å². The highest BCUT2D eigenvalue weighted by Gasteiger charge is 2.14. The molecule has 1 aromatic carbocycles. The molecule has 0 radical (unpaired) electrons. The maximum atomic E-state index is 12.3. The second-order valence-corrected chi connectivity index (χ2v) is 7.29. The van der Waals surface area contributed by atoms with Crippen molar-refractivity contribution in [3.05, 3.63) is 50.1 Å². The number of benzene rings is 1. The molecule has 1 aromatic heterocycles. The van der Waals surface area contributed by atoms with E-state index in [2.05, 4.69) is 41.2 Å². The average molecular weight is 352 g/mol. The number of hydrogen-bond donors (Lipinski definition) is 1. The maximum Gasteiger partial charge on any atom is 0.265 e. The minimum absolute atomic E-state index is 0.0421. The standard InChI is InChI=1S/C16H18BrNOS/c1-4-10(2)12-7-5-6-8-13(12)18-16(19)14-9-11(3)15(17)20-14/h5-10H,4H2,1-3H3,(H,18,19). The lowest BCUT2D eigenvalue weighted by atomic mass is 9.97. The number of para-hydroxylation sites is 1. The Labute approximate surface area is 132 Å². The van der Waals surface area contributed by atoms with E-state index in [0.29, 0.717) is 5.92 Å². The van der Waals surface area contributed by atoms with E-state index in [9.17, 15) is 4.79 Å². The summed E-state index contributed by atoms with van der Waals surface area (Å²) >= 11 is 4.92. The lowest BCUT2D eigenvalue weighted by Gasteiger charge is -2.15. The van der Waals surface area contributed by atoms with Crippen molar-refractivity contribution in [1.29, 1.82) is 0 Å². The van der Waals surface area contributed by atoms with Crippen LogP contribution in [0, 0.1) is 6.92 Å². The number of hydrogen-bond acceptors (Lipinski definition) is 2. The Bertz CT molecular complexity index is 601. The van der Waals surface area contributed by atoms with Gasteiger partial charge in [-0.1, -0.05) is 32.0 Å². The predicted molar refractivity (Wildman–Crippen MR) is 89.9 cm³/mol. The van der Waals surface area contributed by atoms with E-state index in [1.807, 2.05) is 31.2 Å². The molecule has 0 fully saturated rings. The van der Waals surface area contributed by atoms with Gasteiger partial charge in [-0.2, -0.15) is 0 Å². The third-order valence-corrected chi connectivity index (χ3v) is 5.57. The van der Waals surface area contributed by atoms with Crippen LogP contribution in [-0.4, -0.2) is 5.91 Å². The predicted octanol–water partition coefficient (Wildman–Crippen LogP) is 5.58. The molecule has 1 amide bonds. The summed E-state index contributed by atoms with van der Waals surface area (Å²) in [6.45, 7) is 6.32. The van der Waals surface area contributed by atoms with E-state index in [0.717, 1.165) is 26.3 Å². The molecule has 2 aromatic rings. The van der Waals surface area contributed by atoms with Crippen molar-refractivity contribution in [2.75, 3.05) is 5.32 Å². The molecular formula is C16H18BrNOS. The summed E-state index contributed by atoms with van der Waals surface area (Å²) in [6, 6.07) is 9.93. The summed E-state index contributed by atoms with van der Waals surface area (Å²) in [5, 5.41) is 3.03. The average Bonchev–Trinajstić information content (AvgIpc) is 2.78. The van der Waals surface area contributed by atoms with Gasteiger partial charge in [-0.3, -0.25) is 4.79 Å². The third kappa shape index (κ3) is 3.30. The van der Waals surface area contributed by atoms with E-state index in [4.69, 9.17) is 0 Å². The molecular weight excluding hydrogens is 334 g/mol. The number of carbonyl (C=O) groups is 1. The van der Waals surface area contributed by atoms with E-state index in [1.54, 1.807) is 0 Å². The van der Waals surface area contributed by atoms with Crippen LogP contribution in [0.3, 0.4) is 0 Å². The van der Waals surface area contributed by atoms with E-state index in [1.165, 1.54) is 16.9 Å². The van der Waals surface area contributed by atoms with Crippen LogP contribution in [0.1, 0.15) is 47.0 Å². The Morgan fingerprint density at radius 1 is 1.40 bits per heavy atom. The minimum atomic E-state index is -0.0421. The molecule has 1 unspecified atom stereocenters. The number of thiophene rings is 1. The Morgan fingerprint density at radius 2 is 2.10 bits per heavy atom. The molecule has 0 aliphatic heterocycles. The molecule has 20 heavy (non-hydrogen) atoms. The van der Waals surface area contributed by atoms with Crippen molar-refractivity contribution in [2.24, 2.45) is 0 Å². The fraction of sp³-hybridized carbons (Fsp3) is 0.312. The van der Waals surface area contributed by atoms with Crippen molar-refractivity contribution in [3.63, 3.8) is 0 Å². The van der Waals surface area contributed by atoms with Gasteiger partial charge < -0.3 is 5.32 Å². The second-order valence-electron chi connectivity index (χ2n) is 4.92. The highest BCUT2D eigenvalue weighted by Crippen LogP contribution is 2.30. The Kier molecular flexibility index (Phi) is 5.00. The molecule has 1 atom stereocenters. The van der Waals surface area contributed by atoms with Gasteiger partial charge in [0, 0.05) is 5.69 Å². The van der Waals surface area contributed by atoms with E-state index >= 15 is 0 Å². The quantitative estimate of drug-likeness (QED) is 0.764. The van der Waals surface area contributed by atoms with Crippen LogP contribution in [0.4, 0.5) is 5.69 Å². The number of carbonyl (C=O) groups excluding carboxylic acids is 1. The van der Waals surface area contributed by atoms with Crippen LogP contribution in [0.5, 0.6) is 0 Å². The lowest BCUT2D eigenvalue weighted by Crippen LogP contribution is -2.12. The van der Waals surface area contributed by atoms with Gasteiger partial charge in [-0.05, 0) is 58.5 Å². The topological polar surface area (TPSA) is 29.1 Å². The van der Waals surface area contributed by atoms with Crippen LogP contribution in [-0.2, 0) is 0 Å². The zero-order valence-corrected chi connectivity index (χ0v) is 14.3. The van der Waals surface area contributed by atoms with Crippen molar-refractivity contribution in [3.8, 4) is 0 Å². The number of halogens is 1. The first-order valence-electron chi connectivity index (χ1n) is 6.69. The van der Waals surface area contributed by atoms with E-state index in [-0.39, 0.29) is 5.91 Å². The largest absolute Gasteiger partial charge is 0.321 e. The summed E-state index contributed by atoms with van der Waals surface area (Å²) in [5.74, 6) is 0.392. The van der Waals surface area contributed by atoms with Gasteiger partial charge in [0.25, 0.3) is 5.91 Å². The second kappa shape index (κ2) is 6.55. The molecule has 2 rings (SSSR count). The van der Waals surface area contributed by atoms with Crippen molar-refractivity contribution in [2.45, 2.75) is 33.1 Å². The molecule has 4 heteroatoms. The molecule has 0 aliphatic carbocycles. The van der Waals surface area contributed by atoms with Gasteiger partial charge in [-0.15, -0.1) is 11.3 Å². The van der Waals surface area contributed by atoms with Crippen LogP contribution in [0.15, 0.2) is 34.1 Å². The van der Waals surface area contributed by atoms with Gasteiger partial charge in [-0.25, -0.2) is 0 Å². The smallest absolute Gasteiger partial charge is 0.265 e. The maximum absolute atomic E-state index is 12.3. The van der Waals surface area contributed by atoms with Crippen molar-refractivity contribution in [1.82, 2.24) is 0 Å². The summed E-state index contributed by atoms with van der Waals surface area (Å²) in [7, 11) is 0. The number of nitrogens with one attached hydrogen (secondary N) is 1. The fourth-order valence-electron chi connectivity index (χ4n) is 2.02. The molecule has 0 bridgehead atoms. The van der Waals surface area contributed by atoms with Gasteiger partial charge in [0.2, 0.25) is 0 Å². The van der Waals surface area contributed by atoms with Gasteiger partial charge >= 0.3 is 0 Å². The summed E-state index contributed by atoms with van der Waals surface area (Å²) in [6.07, 6.45) is 1.05. The first-order valence-corrected chi connectivity index (χ1v) is 8.30. The monoisotopic (exact) mass is 351 g/mol. The summed E-state index contributed by atoms with van der Waals surface area (Å²) in [4.78, 5) is 13.1. The van der Waals surface area contributed by atoms with Crippen molar-refractivity contribution < 1.29 is 4.79 Å².